The number of carboxylic acids is 6. The highest BCUT2D eigenvalue weighted by Crippen LogP contribution is 2.07. The summed E-state index contributed by atoms with van der Waals surface area (Å²) < 4.78 is 0. The van der Waals surface area contributed by atoms with E-state index < -0.39 is 140 Å². The van der Waals surface area contributed by atoms with Crippen molar-refractivity contribution in [2.75, 3.05) is 18.8 Å². The molecule has 0 aliphatic rings. The third kappa shape index (κ3) is 21.3. The molecular weight excluding hydrogens is 836 g/mol. The van der Waals surface area contributed by atoms with Gasteiger partial charge in [0.05, 0.1) is 6.42 Å². The quantitative estimate of drug-likeness (QED) is 0.0261. The molecule has 0 fully saturated rings. The van der Waals surface area contributed by atoms with E-state index in [1.54, 1.807) is 30.3 Å². The third-order valence-corrected chi connectivity index (χ3v) is 8.81. The van der Waals surface area contributed by atoms with E-state index in [2.05, 4.69) is 39.2 Å². The second kappa shape index (κ2) is 27.3. The van der Waals surface area contributed by atoms with Crippen molar-refractivity contribution in [2.45, 2.75) is 93.7 Å². The normalized spacial score (nSPS) is 14.2. The number of benzene rings is 1. The zero-order valence-corrected chi connectivity index (χ0v) is 33.3. The number of thiol groups is 1. The summed E-state index contributed by atoms with van der Waals surface area (Å²) in [4.78, 5) is 132. The van der Waals surface area contributed by atoms with Crippen LogP contribution in [0, 0.1) is 0 Å². The number of nitrogens with two attached hydrogens (primary N) is 1. The maximum absolute atomic E-state index is 13.3. The summed E-state index contributed by atoms with van der Waals surface area (Å²) in [5.74, 6) is -12.9. The number of hydrogen-bond acceptors (Lipinski definition) is 14. The number of carbonyl (C=O) groups excluding carboxylic acids is 5. The number of urea groups is 1. The summed E-state index contributed by atoms with van der Waals surface area (Å²) in [6, 6.07) is -3.46. The van der Waals surface area contributed by atoms with Crippen molar-refractivity contribution in [1.29, 1.82) is 0 Å². The Balaban J connectivity index is 2.85. The van der Waals surface area contributed by atoms with Gasteiger partial charge in [-0.3, -0.25) is 33.6 Å². The van der Waals surface area contributed by atoms with Crippen molar-refractivity contribution >= 4 is 78.1 Å². The van der Waals surface area contributed by atoms with Crippen LogP contribution in [0.2, 0.25) is 0 Å². The van der Waals surface area contributed by atoms with Gasteiger partial charge in [-0.1, -0.05) is 30.3 Å². The van der Waals surface area contributed by atoms with Crippen LogP contribution in [0.3, 0.4) is 0 Å². The smallest absolute Gasteiger partial charge is 0.327 e. The molecule has 0 saturated heterocycles. The van der Waals surface area contributed by atoms with Crippen molar-refractivity contribution < 1.29 is 83.4 Å². The summed E-state index contributed by atoms with van der Waals surface area (Å²) in [5.41, 5.74) is 6.47. The maximum atomic E-state index is 13.3. The van der Waals surface area contributed by atoms with Gasteiger partial charge in [-0.25, -0.2) is 19.2 Å². The van der Waals surface area contributed by atoms with Crippen molar-refractivity contribution in [3.8, 4) is 0 Å². The monoisotopic (exact) mass is 886 g/mol. The molecule has 1 aromatic rings. The second-order valence-corrected chi connectivity index (χ2v) is 13.6. The van der Waals surface area contributed by atoms with Crippen LogP contribution in [-0.4, -0.2) is 157 Å². The van der Waals surface area contributed by atoms with Crippen molar-refractivity contribution in [3.05, 3.63) is 35.9 Å². The van der Waals surface area contributed by atoms with Gasteiger partial charge < -0.3 is 73.6 Å². The lowest BCUT2D eigenvalue weighted by Crippen LogP contribution is -2.58. The lowest BCUT2D eigenvalue weighted by Gasteiger charge is -2.23. The van der Waals surface area contributed by atoms with E-state index in [9.17, 15) is 73.2 Å². The molecule has 7 atom stereocenters. The number of carboxylic acid groups (broad SMARTS) is 6. The summed E-state index contributed by atoms with van der Waals surface area (Å²) in [5, 5.41) is 71.2. The van der Waals surface area contributed by atoms with E-state index in [-0.39, 0.29) is 38.0 Å². The van der Waals surface area contributed by atoms with Crippen LogP contribution in [-0.2, 0) is 54.4 Å². The molecule has 26 heteroatoms. The minimum absolute atomic E-state index is 0.0251. The average Bonchev–Trinajstić information content (AvgIpc) is 3.18. The standard InChI is InChI=1S/C35H50N8O17S/c36-18(28(49)40-23(14-27(47)48)30(51)41-24(16-61)34(58)59)15-38-29(50)22(13-17-5-2-1-3-6-17)39-25(44)10-8-19(31(52)53)37-12-4-7-20(32(54)55)42-35(60)43-21(33(56)57)9-11-26(45)46/h1-3,5-6,18-24,37,61H,4,7-16,36H2,(H,38,50)(H,39,44)(H,40,49)(H,41,51)(H,45,46)(H,47,48)(H,52,53)(H,54,55)(H,56,57)(H,58,59)(H2,42,43,60)/t18-,19-,20-,21-,22-,23-,24-/m0/s1. The first-order valence-electron chi connectivity index (χ1n) is 18.4. The molecule has 0 radical (unpaired) electrons. The van der Waals surface area contributed by atoms with Crippen LogP contribution in [0.15, 0.2) is 30.3 Å². The minimum atomic E-state index is -1.75. The fourth-order valence-electron chi connectivity index (χ4n) is 5.18. The van der Waals surface area contributed by atoms with Crippen molar-refractivity contribution in [2.24, 2.45) is 5.73 Å². The molecule has 15 N–H and O–H groups in total. The largest absolute Gasteiger partial charge is 0.481 e. The van der Waals surface area contributed by atoms with Gasteiger partial charge in [0, 0.05) is 31.6 Å². The molecule has 0 aromatic heterocycles. The zero-order chi connectivity index (χ0) is 46.2. The maximum Gasteiger partial charge on any atom is 0.327 e. The Labute approximate surface area is 352 Å². The molecule has 0 unspecified atom stereocenters. The molecule has 0 heterocycles. The first-order valence-corrected chi connectivity index (χ1v) is 19.0. The molecule has 61 heavy (non-hydrogen) atoms. The highest BCUT2D eigenvalue weighted by molar-refractivity contribution is 7.80. The summed E-state index contributed by atoms with van der Waals surface area (Å²) in [6.45, 7) is -0.694. The summed E-state index contributed by atoms with van der Waals surface area (Å²) in [6.07, 6.45) is -3.09. The molecule has 0 aliphatic heterocycles. The number of carbonyl (C=O) groups is 11. The summed E-state index contributed by atoms with van der Waals surface area (Å²) in [7, 11) is 0. The lowest BCUT2D eigenvalue weighted by molar-refractivity contribution is -0.143. The Morgan fingerprint density at radius 2 is 1.11 bits per heavy atom. The number of amides is 6. The predicted molar refractivity (Wildman–Crippen MR) is 210 cm³/mol. The van der Waals surface area contributed by atoms with Crippen molar-refractivity contribution in [3.63, 3.8) is 0 Å². The number of nitrogens with one attached hydrogen (secondary N) is 7. The van der Waals surface area contributed by atoms with Gasteiger partial charge in [0.1, 0.15) is 42.3 Å². The zero-order valence-electron chi connectivity index (χ0n) is 32.4. The van der Waals surface area contributed by atoms with Crippen LogP contribution in [0.4, 0.5) is 4.79 Å². The Bertz CT molecular complexity index is 1740. The molecule has 6 amide bonds. The second-order valence-electron chi connectivity index (χ2n) is 13.3. The summed E-state index contributed by atoms with van der Waals surface area (Å²) >= 11 is 3.81. The van der Waals surface area contributed by atoms with E-state index in [0.717, 1.165) is 0 Å². The molecular formula is C35H50N8O17S. The Morgan fingerprint density at radius 1 is 0.574 bits per heavy atom. The number of hydrogen-bond donors (Lipinski definition) is 15. The molecule has 0 aliphatic carbocycles. The Kier molecular flexibility index (Phi) is 23.5. The molecule has 0 spiro atoms. The molecule has 0 bridgehead atoms. The van der Waals surface area contributed by atoms with Crippen LogP contribution in [0.1, 0.15) is 50.5 Å². The average molecular weight is 887 g/mol. The van der Waals surface area contributed by atoms with E-state index in [0.29, 0.717) is 5.56 Å². The molecule has 338 valence electrons. The fraction of sp³-hybridized carbons (Fsp3) is 0.514. The Hall–Kier alpha value is -6.54. The molecule has 1 aromatic carbocycles. The molecule has 25 nitrogen and oxygen atoms in total. The highest BCUT2D eigenvalue weighted by atomic mass is 32.1. The number of rotatable bonds is 30. The van der Waals surface area contributed by atoms with Crippen LogP contribution >= 0.6 is 12.6 Å². The Morgan fingerprint density at radius 3 is 1.64 bits per heavy atom. The fourth-order valence-corrected chi connectivity index (χ4v) is 5.43. The predicted octanol–water partition coefficient (Wildman–Crippen LogP) is -3.71. The van der Waals surface area contributed by atoms with Crippen LogP contribution in [0.25, 0.3) is 0 Å². The molecule has 0 saturated carbocycles. The SMILES string of the molecule is N[C@@H](CNC(=O)[C@H](Cc1ccccc1)NC(=O)CC[C@H](NCCC[C@H](NC(=O)N[C@@H](CCC(=O)O)C(=O)O)C(=O)O)C(=O)O)C(=O)N[C@@H](CC(=O)O)C(=O)N[C@@H](CS)C(=O)O. The van der Waals surface area contributed by atoms with Gasteiger partial charge in [-0.05, 0) is 37.8 Å². The lowest BCUT2D eigenvalue weighted by atomic mass is 10.0. The topological polar surface area (TPSA) is 419 Å². The van der Waals surface area contributed by atoms with Gasteiger partial charge in [0.15, 0.2) is 0 Å². The van der Waals surface area contributed by atoms with Crippen LogP contribution < -0.4 is 43.0 Å². The van der Waals surface area contributed by atoms with Gasteiger partial charge in [-0.2, -0.15) is 12.6 Å². The van der Waals surface area contributed by atoms with Gasteiger partial charge in [0.2, 0.25) is 23.6 Å². The van der Waals surface area contributed by atoms with E-state index >= 15 is 0 Å². The van der Waals surface area contributed by atoms with Crippen LogP contribution in [0.5, 0.6) is 0 Å². The number of aliphatic carboxylic acids is 6. The highest BCUT2D eigenvalue weighted by Gasteiger charge is 2.31. The molecule has 1 rings (SSSR count). The van der Waals surface area contributed by atoms with Gasteiger partial charge in [0.25, 0.3) is 0 Å². The van der Waals surface area contributed by atoms with Gasteiger partial charge >= 0.3 is 41.8 Å². The van der Waals surface area contributed by atoms with E-state index in [1.165, 1.54) is 0 Å². The first-order chi connectivity index (χ1) is 28.6. The van der Waals surface area contributed by atoms with E-state index in [4.69, 9.17) is 15.9 Å². The van der Waals surface area contributed by atoms with Gasteiger partial charge in [-0.15, -0.1) is 0 Å². The third-order valence-electron chi connectivity index (χ3n) is 8.45. The van der Waals surface area contributed by atoms with E-state index in [1.807, 2.05) is 10.6 Å². The van der Waals surface area contributed by atoms with Crippen molar-refractivity contribution in [1.82, 2.24) is 37.2 Å². The minimum Gasteiger partial charge on any atom is -0.481 e. The first kappa shape index (κ1) is 52.5.